The van der Waals surface area contributed by atoms with E-state index in [1.165, 1.54) is 37.7 Å². The van der Waals surface area contributed by atoms with Crippen LogP contribution in [0.4, 0.5) is 0 Å². The van der Waals surface area contributed by atoms with E-state index < -0.39 is 0 Å². The molecule has 2 nitrogen and oxygen atoms in total. The molecule has 1 aromatic rings. The topological polar surface area (TPSA) is 25.2 Å². The molecule has 0 aliphatic carbocycles. The molecule has 0 saturated heterocycles. The molecule has 18 heavy (non-hydrogen) atoms. The average Bonchev–Trinajstić information content (AvgIpc) is 2.79. The highest BCUT2D eigenvalue weighted by atomic mass is 16.3. The Balaban J connectivity index is 2.41. The van der Waals surface area contributed by atoms with Crippen molar-refractivity contribution >= 4 is 0 Å². The van der Waals surface area contributed by atoms with Crippen LogP contribution < -0.4 is 5.32 Å². The molecule has 2 heteroatoms. The summed E-state index contributed by atoms with van der Waals surface area (Å²) in [4.78, 5) is 0. The summed E-state index contributed by atoms with van der Waals surface area (Å²) in [5, 5.41) is 3.62. The highest BCUT2D eigenvalue weighted by molar-refractivity contribution is 5.20. The first-order valence-electron chi connectivity index (χ1n) is 7.17. The van der Waals surface area contributed by atoms with Gasteiger partial charge in [0, 0.05) is 11.6 Å². The molecule has 0 amide bonds. The van der Waals surface area contributed by atoms with E-state index in [-0.39, 0.29) is 0 Å². The van der Waals surface area contributed by atoms with Gasteiger partial charge in [-0.3, -0.25) is 0 Å². The van der Waals surface area contributed by atoms with Crippen molar-refractivity contribution in [2.24, 2.45) is 0 Å². The molecular formula is C16H27NO. The highest BCUT2D eigenvalue weighted by Crippen LogP contribution is 2.24. The van der Waals surface area contributed by atoms with Crippen LogP contribution in [0.5, 0.6) is 0 Å². The number of hydrogen-bond donors (Lipinski definition) is 1. The summed E-state index contributed by atoms with van der Waals surface area (Å²) in [6, 6.07) is 2.55. The second-order valence-corrected chi connectivity index (χ2v) is 4.87. The van der Waals surface area contributed by atoms with Gasteiger partial charge < -0.3 is 9.73 Å². The molecule has 1 atom stereocenters. The zero-order valence-corrected chi connectivity index (χ0v) is 11.9. The fourth-order valence-corrected chi connectivity index (χ4v) is 2.26. The first-order chi connectivity index (χ1) is 8.79. The van der Waals surface area contributed by atoms with Crippen LogP contribution in [-0.4, -0.2) is 6.54 Å². The van der Waals surface area contributed by atoms with Crippen LogP contribution in [-0.2, 0) is 0 Å². The maximum absolute atomic E-state index is 5.42. The lowest BCUT2D eigenvalue weighted by Crippen LogP contribution is -2.22. The Labute approximate surface area is 111 Å². The Morgan fingerprint density at radius 2 is 2.22 bits per heavy atom. The molecule has 0 saturated carbocycles. The zero-order valence-electron chi connectivity index (χ0n) is 11.9. The number of nitrogens with one attached hydrogen (secondary N) is 1. The van der Waals surface area contributed by atoms with Crippen LogP contribution in [0.25, 0.3) is 0 Å². The van der Waals surface area contributed by atoms with Crippen molar-refractivity contribution < 1.29 is 4.42 Å². The summed E-state index contributed by atoms with van der Waals surface area (Å²) in [6.07, 6.45) is 11.1. The summed E-state index contributed by atoms with van der Waals surface area (Å²) in [5.74, 6) is 1.05. The van der Waals surface area contributed by atoms with Crippen molar-refractivity contribution in [1.29, 1.82) is 0 Å². The predicted molar refractivity (Wildman–Crippen MR) is 77.8 cm³/mol. The minimum atomic E-state index is 0.451. The average molecular weight is 249 g/mol. The van der Waals surface area contributed by atoms with E-state index in [2.05, 4.69) is 24.9 Å². The van der Waals surface area contributed by atoms with Crippen LogP contribution in [0.15, 0.2) is 29.4 Å². The lowest BCUT2D eigenvalue weighted by Gasteiger charge is -2.18. The molecule has 102 valence electrons. The van der Waals surface area contributed by atoms with Crippen molar-refractivity contribution in [3.8, 4) is 0 Å². The maximum atomic E-state index is 5.42. The zero-order chi connectivity index (χ0) is 13.2. The molecule has 0 radical (unpaired) electrons. The molecule has 0 aliphatic heterocycles. The van der Waals surface area contributed by atoms with Crippen molar-refractivity contribution in [2.75, 3.05) is 6.54 Å². The van der Waals surface area contributed by atoms with Crippen molar-refractivity contribution in [3.63, 3.8) is 0 Å². The fourth-order valence-electron chi connectivity index (χ4n) is 2.26. The van der Waals surface area contributed by atoms with Gasteiger partial charge in [0.05, 0.1) is 6.26 Å². The Morgan fingerprint density at radius 1 is 1.39 bits per heavy atom. The van der Waals surface area contributed by atoms with Crippen LogP contribution in [0.3, 0.4) is 0 Å². The van der Waals surface area contributed by atoms with E-state index in [1.807, 2.05) is 13.0 Å². The maximum Gasteiger partial charge on any atom is 0.105 e. The minimum absolute atomic E-state index is 0.451. The molecular weight excluding hydrogens is 222 g/mol. The van der Waals surface area contributed by atoms with E-state index in [1.54, 1.807) is 6.26 Å². The third-order valence-corrected chi connectivity index (χ3v) is 3.32. The minimum Gasteiger partial charge on any atom is -0.469 e. The Hall–Kier alpha value is -1.02. The molecule has 1 rings (SSSR count). The number of rotatable bonds is 10. The molecule has 1 N–H and O–H groups in total. The first-order valence-corrected chi connectivity index (χ1v) is 7.17. The van der Waals surface area contributed by atoms with E-state index in [0.717, 1.165) is 18.7 Å². The van der Waals surface area contributed by atoms with Crippen molar-refractivity contribution in [2.45, 2.75) is 58.4 Å². The summed E-state index contributed by atoms with van der Waals surface area (Å²) in [6.45, 7) is 9.09. The summed E-state index contributed by atoms with van der Waals surface area (Å²) < 4.78 is 5.42. The van der Waals surface area contributed by atoms with Crippen LogP contribution in [0.2, 0.25) is 0 Å². The summed E-state index contributed by atoms with van der Waals surface area (Å²) in [7, 11) is 0. The van der Waals surface area contributed by atoms with Gasteiger partial charge in [0.25, 0.3) is 0 Å². The van der Waals surface area contributed by atoms with Crippen molar-refractivity contribution in [1.82, 2.24) is 5.32 Å². The van der Waals surface area contributed by atoms with Gasteiger partial charge in [-0.05, 0) is 45.2 Å². The number of aryl methyl sites for hydroxylation is 1. The molecule has 0 aliphatic rings. The molecule has 1 heterocycles. The molecule has 0 aromatic carbocycles. The smallest absolute Gasteiger partial charge is 0.105 e. The number of hydrogen-bond acceptors (Lipinski definition) is 2. The number of furan rings is 1. The van der Waals surface area contributed by atoms with Gasteiger partial charge in [-0.15, -0.1) is 6.58 Å². The SMILES string of the molecule is C=CCCCCCC(NCCC)c1ccoc1C. The normalized spacial score (nSPS) is 12.6. The Bertz CT molecular complexity index is 330. The van der Waals surface area contributed by atoms with E-state index in [9.17, 15) is 0 Å². The molecule has 0 spiro atoms. The van der Waals surface area contributed by atoms with Gasteiger partial charge >= 0.3 is 0 Å². The van der Waals surface area contributed by atoms with Crippen LogP contribution in [0, 0.1) is 6.92 Å². The lowest BCUT2D eigenvalue weighted by atomic mass is 10.0. The first kappa shape index (κ1) is 15.0. The largest absolute Gasteiger partial charge is 0.469 e. The number of allylic oxidation sites excluding steroid dienone is 1. The fraction of sp³-hybridized carbons (Fsp3) is 0.625. The summed E-state index contributed by atoms with van der Waals surface area (Å²) in [5.41, 5.74) is 1.33. The van der Waals surface area contributed by atoms with Gasteiger partial charge in [-0.25, -0.2) is 0 Å². The second-order valence-electron chi connectivity index (χ2n) is 4.87. The molecule has 1 aromatic heterocycles. The van der Waals surface area contributed by atoms with E-state index >= 15 is 0 Å². The van der Waals surface area contributed by atoms with E-state index in [0.29, 0.717) is 6.04 Å². The van der Waals surface area contributed by atoms with E-state index in [4.69, 9.17) is 4.42 Å². The van der Waals surface area contributed by atoms with Crippen LogP contribution >= 0.6 is 0 Å². The van der Waals surface area contributed by atoms with Gasteiger partial charge in [0.2, 0.25) is 0 Å². The van der Waals surface area contributed by atoms with Crippen molar-refractivity contribution in [3.05, 3.63) is 36.3 Å². The van der Waals surface area contributed by atoms with Gasteiger partial charge in [-0.2, -0.15) is 0 Å². The van der Waals surface area contributed by atoms with Crippen LogP contribution in [0.1, 0.15) is 62.8 Å². The summed E-state index contributed by atoms with van der Waals surface area (Å²) >= 11 is 0. The Morgan fingerprint density at radius 3 is 2.83 bits per heavy atom. The third-order valence-electron chi connectivity index (χ3n) is 3.32. The van der Waals surface area contributed by atoms with Gasteiger partial charge in [0.15, 0.2) is 0 Å². The lowest BCUT2D eigenvalue weighted by molar-refractivity contribution is 0.457. The number of unbranched alkanes of at least 4 members (excludes halogenated alkanes) is 3. The Kier molecular flexibility index (Phi) is 7.51. The van der Waals surface area contributed by atoms with Gasteiger partial charge in [-0.1, -0.05) is 25.8 Å². The molecule has 0 fully saturated rings. The second kappa shape index (κ2) is 8.98. The standard InChI is InChI=1S/C16H27NO/c1-4-6-7-8-9-10-16(17-12-5-2)15-11-13-18-14(15)3/h4,11,13,16-17H,1,5-10,12H2,2-3H3. The molecule has 0 bridgehead atoms. The predicted octanol–water partition coefficient (Wildman–Crippen LogP) is 4.77. The third kappa shape index (κ3) is 5.09. The monoisotopic (exact) mass is 249 g/mol. The highest BCUT2D eigenvalue weighted by Gasteiger charge is 2.14. The van der Waals surface area contributed by atoms with Gasteiger partial charge in [0.1, 0.15) is 5.76 Å². The quantitative estimate of drug-likeness (QED) is 0.477. The molecule has 1 unspecified atom stereocenters.